The van der Waals surface area contributed by atoms with E-state index in [0.29, 0.717) is 6.61 Å². The number of hydrogen-bond acceptors (Lipinski definition) is 2. The van der Waals surface area contributed by atoms with Gasteiger partial charge in [-0.3, -0.25) is 4.79 Å². The fraction of sp³-hybridized carbons (Fsp3) is 0.136. The lowest BCUT2D eigenvalue weighted by atomic mass is 9.89. The summed E-state index contributed by atoms with van der Waals surface area (Å²) in [4.78, 5) is 11.4. The minimum Gasteiger partial charge on any atom is -0.461 e. The molecule has 0 heterocycles. The van der Waals surface area contributed by atoms with Gasteiger partial charge in [-0.1, -0.05) is 60.7 Å². The van der Waals surface area contributed by atoms with Crippen molar-refractivity contribution in [3.05, 3.63) is 71.8 Å². The van der Waals surface area contributed by atoms with E-state index in [2.05, 4.69) is 55.5 Å². The second-order valence-corrected chi connectivity index (χ2v) is 6.14. The van der Waals surface area contributed by atoms with Crippen molar-refractivity contribution in [2.24, 2.45) is 0 Å². The maximum atomic E-state index is 11.4. The molecule has 2 nitrogen and oxygen atoms in total. The molecule has 0 aliphatic rings. The second kappa shape index (κ2) is 5.64. The van der Waals surface area contributed by atoms with E-state index in [9.17, 15) is 4.79 Å². The van der Waals surface area contributed by atoms with E-state index in [4.69, 9.17) is 4.74 Å². The molecule has 4 aromatic carbocycles. The highest BCUT2D eigenvalue weighted by Gasteiger charge is 2.14. The molecule has 0 fully saturated rings. The van der Waals surface area contributed by atoms with Crippen LogP contribution in [0.5, 0.6) is 0 Å². The molecule has 0 amide bonds. The van der Waals surface area contributed by atoms with Gasteiger partial charge in [-0.05, 0) is 44.8 Å². The van der Waals surface area contributed by atoms with Gasteiger partial charge in [0.25, 0.3) is 0 Å². The fourth-order valence-electron chi connectivity index (χ4n) is 3.59. The summed E-state index contributed by atoms with van der Waals surface area (Å²) in [7, 11) is 0. The minimum atomic E-state index is -0.256. The lowest BCUT2D eigenvalue weighted by molar-refractivity contribution is -0.142. The minimum absolute atomic E-state index is 0.256. The SMILES string of the molecule is CC(=O)OCc1c2ccccc2c(C)c2ccc3ccccc3c12. The summed E-state index contributed by atoms with van der Waals surface area (Å²) >= 11 is 0. The molecule has 0 spiro atoms. The summed E-state index contributed by atoms with van der Waals surface area (Å²) in [6.45, 7) is 3.91. The Hall–Kier alpha value is -2.87. The zero-order valence-corrected chi connectivity index (χ0v) is 13.8. The van der Waals surface area contributed by atoms with Crippen molar-refractivity contribution in [2.75, 3.05) is 0 Å². The maximum Gasteiger partial charge on any atom is 0.302 e. The van der Waals surface area contributed by atoms with E-state index >= 15 is 0 Å². The molecule has 4 rings (SSSR count). The molecule has 118 valence electrons. The van der Waals surface area contributed by atoms with Crippen LogP contribution >= 0.6 is 0 Å². The molecule has 0 saturated carbocycles. The number of hydrogen-bond donors (Lipinski definition) is 0. The van der Waals surface area contributed by atoms with Crippen molar-refractivity contribution in [3.8, 4) is 0 Å². The van der Waals surface area contributed by atoms with Crippen molar-refractivity contribution < 1.29 is 9.53 Å². The van der Waals surface area contributed by atoms with E-state index < -0.39 is 0 Å². The Morgan fingerprint density at radius 3 is 2.25 bits per heavy atom. The number of carbonyl (C=O) groups is 1. The number of ether oxygens (including phenoxy) is 1. The van der Waals surface area contributed by atoms with Crippen molar-refractivity contribution in [2.45, 2.75) is 20.5 Å². The third-order valence-corrected chi connectivity index (χ3v) is 4.71. The number of aryl methyl sites for hydroxylation is 1. The average molecular weight is 314 g/mol. The molecule has 24 heavy (non-hydrogen) atoms. The number of benzene rings is 4. The molecule has 0 radical (unpaired) electrons. The van der Waals surface area contributed by atoms with E-state index in [0.717, 1.165) is 10.9 Å². The van der Waals surface area contributed by atoms with Crippen molar-refractivity contribution >= 4 is 38.3 Å². The van der Waals surface area contributed by atoms with Crippen molar-refractivity contribution in [1.82, 2.24) is 0 Å². The molecular formula is C22H18O2. The smallest absolute Gasteiger partial charge is 0.302 e. The van der Waals surface area contributed by atoms with Crippen LogP contribution in [0.1, 0.15) is 18.1 Å². The predicted octanol–water partition coefficient (Wildman–Crippen LogP) is 5.52. The third-order valence-electron chi connectivity index (χ3n) is 4.71. The molecule has 0 aliphatic carbocycles. The Morgan fingerprint density at radius 2 is 1.50 bits per heavy atom. The predicted molar refractivity (Wildman–Crippen MR) is 99.2 cm³/mol. The Bertz CT molecular complexity index is 1090. The number of fused-ring (bicyclic) bond motifs is 4. The Kier molecular flexibility index (Phi) is 3.46. The third kappa shape index (κ3) is 2.23. The van der Waals surface area contributed by atoms with Crippen LogP contribution in [-0.4, -0.2) is 5.97 Å². The standard InChI is InChI=1S/C22H18O2/c1-14-17-8-5-6-10-20(17)21(13-24-15(2)23)22-18(14)12-11-16-7-3-4-9-19(16)22/h3-12H,13H2,1-2H3. The summed E-state index contributed by atoms with van der Waals surface area (Å²) in [5.74, 6) is -0.256. The monoisotopic (exact) mass is 314 g/mol. The van der Waals surface area contributed by atoms with Crippen LogP contribution in [0.4, 0.5) is 0 Å². The van der Waals surface area contributed by atoms with Gasteiger partial charge < -0.3 is 4.74 Å². The van der Waals surface area contributed by atoms with E-state index in [1.807, 2.05) is 12.1 Å². The lowest BCUT2D eigenvalue weighted by Crippen LogP contribution is -2.01. The zero-order valence-electron chi connectivity index (χ0n) is 13.8. The zero-order chi connectivity index (χ0) is 16.7. The topological polar surface area (TPSA) is 26.3 Å². The van der Waals surface area contributed by atoms with Gasteiger partial charge in [0, 0.05) is 12.5 Å². The van der Waals surface area contributed by atoms with Gasteiger partial charge in [-0.25, -0.2) is 0 Å². The Balaban J connectivity index is 2.21. The first-order valence-corrected chi connectivity index (χ1v) is 8.12. The van der Waals surface area contributed by atoms with Crippen LogP contribution in [0, 0.1) is 6.92 Å². The van der Waals surface area contributed by atoms with Crippen LogP contribution in [-0.2, 0) is 16.1 Å². The molecule has 4 aromatic rings. The van der Waals surface area contributed by atoms with Gasteiger partial charge in [0.05, 0.1) is 0 Å². The molecule has 0 unspecified atom stereocenters. The first-order valence-electron chi connectivity index (χ1n) is 8.12. The van der Waals surface area contributed by atoms with E-state index in [1.165, 1.54) is 39.4 Å². The van der Waals surface area contributed by atoms with Crippen LogP contribution in [0.3, 0.4) is 0 Å². The van der Waals surface area contributed by atoms with E-state index in [1.54, 1.807) is 0 Å². The Morgan fingerprint density at radius 1 is 0.833 bits per heavy atom. The van der Waals surface area contributed by atoms with E-state index in [-0.39, 0.29) is 5.97 Å². The lowest BCUT2D eigenvalue weighted by Gasteiger charge is -2.16. The molecule has 0 saturated heterocycles. The normalized spacial score (nSPS) is 11.2. The van der Waals surface area contributed by atoms with Crippen LogP contribution in [0.15, 0.2) is 60.7 Å². The number of rotatable bonds is 2. The van der Waals surface area contributed by atoms with Crippen molar-refractivity contribution in [1.29, 1.82) is 0 Å². The first kappa shape index (κ1) is 14.7. The average Bonchev–Trinajstić information content (AvgIpc) is 2.61. The summed E-state index contributed by atoms with van der Waals surface area (Å²) in [5, 5.41) is 7.16. The highest BCUT2D eigenvalue weighted by atomic mass is 16.5. The molecule has 0 atom stereocenters. The van der Waals surface area contributed by atoms with Gasteiger partial charge in [0.1, 0.15) is 6.61 Å². The molecule has 0 aromatic heterocycles. The maximum absolute atomic E-state index is 11.4. The van der Waals surface area contributed by atoms with Gasteiger partial charge in [0.15, 0.2) is 0 Å². The molecule has 0 N–H and O–H groups in total. The highest BCUT2D eigenvalue weighted by molar-refractivity contribution is 6.16. The second-order valence-electron chi connectivity index (χ2n) is 6.14. The summed E-state index contributed by atoms with van der Waals surface area (Å²) in [6.07, 6.45) is 0. The van der Waals surface area contributed by atoms with Gasteiger partial charge in [-0.2, -0.15) is 0 Å². The summed E-state index contributed by atoms with van der Waals surface area (Å²) in [5.41, 5.74) is 2.34. The number of esters is 1. The van der Waals surface area contributed by atoms with Crippen LogP contribution < -0.4 is 0 Å². The Labute approximate surface area is 140 Å². The highest BCUT2D eigenvalue weighted by Crippen LogP contribution is 2.37. The quantitative estimate of drug-likeness (QED) is 0.277. The number of carbonyl (C=O) groups excluding carboxylic acids is 1. The first-order chi connectivity index (χ1) is 11.7. The van der Waals surface area contributed by atoms with Gasteiger partial charge in [0.2, 0.25) is 0 Å². The van der Waals surface area contributed by atoms with Crippen LogP contribution in [0.2, 0.25) is 0 Å². The van der Waals surface area contributed by atoms with Gasteiger partial charge in [-0.15, -0.1) is 0 Å². The molecule has 2 heteroatoms. The summed E-state index contributed by atoms with van der Waals surface area (Å²) in [6, 6.07) is 21.0. The fourth-order valence-corrected chi connectivity index (χ4v) is 3.59. The van der Waals surface area contributed by atoms with Crippen molar-refractivity contribution in [3.63, 3.8) is 0 Å². The molecule has 0 bridgehead atoms. The van der Waals surface area contributed by atoms with Crippen LogP contribution in [0.25, 0.3) is 32.3 Å². The molecular weight excluding hydrogens is 296 g/mol. The summed E-state index contributed by atoms with van der Waals surface area (Å²) < 4.78 is 5.39. The largest absolute Gasteiger partial charge is 0.461 e. The molecule has 0 aliphatic heterocycles. The van der Waals surface area contributed by atoms with Gasteiger partial charge >= 0.3 is 5.97 Å².